The number of amides is 1. The van der Waals surface area contributed by atoms with Gasteiger partial charge in [0.15, 0.2) is 0 Å². The Kier molecular flexibility index (Phi) is 7.05. The van der Waals surface area contributed by atoms with Gasteiger partial charge in [0, 0.05) is 24.7 Å². The van der Waals surface area contributed by atoms with Crippen molar-refractivity contribution in [1.29, 1.82) is 0 Å². The monoisotopic (exact) mass is 415 g/mol. The Hall–Kier alpha value is -2.22. The average molecular weight is 416 g/mol. The molecule has 156 valence electrons. The molecule has 0 heterocycles. The largest absolute Gasteiger partial charge is 0.348 e. The van der Waals surface area contributed by atoms with Gasteiger partial charge in [0.25, 0.3) is 5.91 Å². The van der Waals surface area contributed by atoms with Crippen LogP contribution < -0.4 is 10.0 Å². The molecule has 2 aromatic rings. The van der Waals surface area contributed by atoms with E-state index in [1.54, 1.807) is 12.1 Å². The van der Waals surface area contributed by atoms with Gasteiger partial charge in [-0.25, -0.2) is 13.1 Å². The molecule has 0 spiro atoms. The van der Waals surface area contributed by atoms with Gasteiger partial charge >= 0.3 is 0 Å². The Balaban J connectivity index is 1.68. The first-order valence-electron chi connectivity index (χ1n) is 9.97. The zero-order chi connectivity index (χ0) is 20.9. The van der Waals surface area contributed by atoms with Gasteiger partial charge in [-0.05, 0) is 56.3 Å². The van der Waals surface area contributed by atoms with Crippen molar-refractivity contribution >= 4 is 15.9 Å². The third-order valence-corrected chi connectivity index (χ3v) is 6.65. The summed E-state index contributed by atoms with van der Waals surface area (Å²) in [5.74, 6) is -0.289. The van der Waals surface area contributed by atoms with Crippen LogP contribution in [0.2, 0.25) is 0 Å². The third kappa shape index (κ3) is 5.88. The van der Waals surface area contributed by atoms with Crippen molar-refractivity contribution in [3.8, 4) is 0 Å². The molecule has 1 amide bonds. The van der Waals surface area contributed by atoms with Crippen molar-refractivity contribution in [2.45, 2.75) is 49.7 Å². The molecule has 0 saturated heterocycles. The molecule has 0 aliphatic heterocycles. The summed E-state index contributed by atoms with van der Waals surface area (Å²) < 4.78 is 28.0. The molecule has 6 nitrogen and oxygen atoms in total. The lowest BCUT2D eigenvalue weighted by Crippen LogP contribution is -2.33. The first kappa shape index (κ1) is 21.5. The molecule has 2 N–H and O–H groups in total. The van der Waals surface area contributed by atoms with Crippen LogP contribution in [0.5, 0.6) is 0 Å². The fourth-order valence-corrected chi connectivity index (χ4v) is 4.99. The van der Waals surface area contributed by atoms with Gasteiger partial charge in [-0.2, -0.15) is 0 Å². The van der Waals surface area contributed by atoms with Crippen LogP contribution in [0.25, 0.3) is 0 Å². The predicted molar refractivity (Wildman–Crippen MR) is 114 cm³/mol. The van der Waals surface area contributed by atoms with Gasteiger partial charge in [-0.15, -0.1) is 0 Å². The number of carbonyl (C=O) groups is 1. The molecule has 0 atom stereocenters. The Morgan fingerprint density at radius 3 is 2.41 bits per heavy atom. The molecule has 0 aromatic heterocycles. The van der Waals surface area contributed by atoms with Gasteiger partial charge in [-0.1, -0.05) is 43.2 Å². The molecule has 2 aromatic carbocycles. The summed E-state index contributed by atoms with van der Waals surface area (Å²) in [6.45, 7) is 1.17. The van der Waals surface area contributed by atoms with Crippen LogP contribution in [0.1, 0.15) is 47.2 Å². The van der Waals surface area contributed by atoms with E-state index in [9.17, 15) is 13.2 Å². The second-order valence-corrected chi connectivity index (χ2v) is 9.53. The molecular weight excluding hydrogens is 386 g/mol. The predicted octanol–water partition coefficient (Wildman–Crippen LogP) is 2.90. The van der Waals surface area contributed by atoms with E-state index in [4.69, 9.17) is 0 Å². The highest BCUT2D eigenvalue weighted by molar-refractivity contribution is 7.89. The average Bonchev–Trinajstić information content (AvgIpc) is 3.19. The Morgan fingerprint density at radius 2 is 1.72 bits per heavy atom. The van der Waals surface area contributed by atoms with E-state index in [0.717, 1.165) is 43.4 Å². The van der Waals surface area contributed by atoms with Crippen LogP contribution in [0, 0.1) is 0 Å². The molecule has 3 rings (SSSR count). The first-order chi connectivity index (χ1) is 13.8. The summed E-state index contributed by atoms with van der Waals surface area (Å²) in [7, 11) is 0.379. The van der Waals surface area contributed by atoms with Crippen molar-refractivity contribution in [2.24, 2.45) is 0 Å². The molecule has 0 unspecified atom stereocenters. The number of hydrogen-bond acceptors (Lipinski definition) is 4. The van der Waals surface area contributed by atoms with Gasteiger partial charge < -0.3 is 10.2 Å². The lowest BCUT2D eigenvalue weighted by molar-refractivity contribution is 0.0950. The fourth-order valence-electron chi connectivity index (χ4n) is 3.64. The maximum absolute atomic E-state index is 12.6. The number of benzene rings is 2. The van der Waals surface area contributed by atoms with Gasteiger partial charge in [0.2, 0.25) is 10.0 Å². The van der Waals surface area contributed by atoms with Crippen LogP contribution in [-0.4, -0.2) is 39.4 Å². The minimum Gasteiger partial charge on any atom is -0.348 e. The van der Waals surface area contributed by atoms with Crippen molar-refractivity contribution in [2.75, 3.05) is 14.1 Å². The summed E-state index contributed by atoms with van der Waals surface area (Å²) in [6.07, 6.45) is 3.83. The molecular formula is C22H29N3O3S. The van der Waals surface area contributed by atoms with Crippen molar-refractivity contribution in [1.82, 2.24) is 14.9 Å². The van der Waals surface area contributed by atoms with Crippen molar-refractivity contribution in [3.05, 3.63) is 65.2 Å². The summed E-state index contributed by atoms with van der Waals surface area (Å²) >= 11 is 0. The highest BCUT2D eigenvalue weighted by Crippen LogP contribution is 2.21. The third-order valence-electron chi connectivity index (χ3n) is 5.13. The molecule has 0 radical (unpaired) electrons. The molecule has 0 bridgehead atoms. The second kappa shape index (κ2) is 9.52. The Bertz CT molecular complexity index is 951. The highest BCUT2D eigenvalue weighted by Gasteiger charge is 2.23. The number of sulfonamides is 1. The molecule has 1 aliphatic carbocycles. The number of hydrogen-bond donors (Lipinski definition) is 2. The minimum absolute atomic E-state index is 0.00863. The minimum atomic E-state index is -3.62. The van der Waals surface area contributed by atoms with Crippen LogP contribution >= 0.6 is 0 Å². The summed E-state index contributed by atoms with van der Waals surface area (Å²) in [5.41, 5.74) is 2.53. The zero-order valence-electron chi connectivity index (χ0n) is 17.0. The lowest BCUT2D eigenvalue weighted by atomic mass is 10.1. The van der Waals surface area contributed by atoms with Crippen LogP contribution in [0.4, 0.5) is 0 Å². The van der Waals surface area contributed by atoms with Crippen LogP contribution in [0.15, 0.2) is 53.4 Å². The molecule has 1 saturated carbocycles. The number of nitrogens with zero attached hydrogens (tertiary/aromatic N) is 1. The Morgan fingerprint density at radius 1 is 1.03 bits per heavy atom. The molecule has 1 fully saturated rings. The van der Waals surface area contributed by atoms with Crippen molar-refractivity contribution < 1.29 is 13.2 Å². The van der Waals surface area contributed by atoms with E-state index >= 15 is 0 Å². The van der Waals surface area contributed by atoms with E-state index < -0.39 is 10.0 Å². The van der Waals surface area contributed by atoms with Gasteiger partial charge in [-0.3, -0.25) is 4.79 Å². The lowest BCUT2D eigenvalue weighted by Gasteiger charge is -2.15. The van der Waals surface area contributed by atoms with E-state index in [0.29, 0.717) is 12.1 Å². The maximum atomic E-state index is 12.6. The maximum Gasteiger partial charge on any atom is 0.251 e. The Labute approximate surface area is 173 Å². The second-order valence-electron chi connectivity index (χ2n) is 7.82. The summed E-state index contributed by atoms with van der Waals surface area (Å²) in [6, 6.07) is 14.2. The van der Waals surface area contributed by atoms with E-state index in [-0.39, 0.29) is 16.8 Å². The van der Waals surface area contributed by atoms with E-state index in [1.165, 1.54) is 12.1 Å². The zero-order valence-corrected chi connectivity index (χ0v) is 17.8. The van der Waals surface area contributed by atoms with E-state index in [1.807, 2.05) is 38.4 Å². The fraction of sp³-hybridized carbons (Fsp3) is 0.409. The van der Waals surface area contributed by atoms with E-state index in [2.05, 4.69) is 14.9 Å². The smallest absolute Gasteiger partial charge is 0.251 e. The SMILES string of the molecule is CN(C)Cc1ccccc1CNC(=O)c1cccc(S(=O)(=O)NC2CCCC2)c1. The summed E-state index contributed by atoms with van der Waals surface area (Å²) in [5, 5.41) is 2.91. The van der Waals surface area contributed by atoms with Gasteiger partial charge in [0.05, 0.1) is 4.90 Å². The molecule has 29 heavy (non-hydrogen) atoms. The quantitative estimate of drug-likeness (QED) is 0.695. The molecule has 1 aliphatic rings. The summed E-state index contributed by atoms with van der Waals surface area (Å²) in [4.78, 5) is 14.8. The van der Waals surface area contributed by atoms with Crippen LogP contribution in [-0.2, 0) is 23.1 Å². The van der Waals surface area contributed by atoms with Crippen molar-refractivity contribution in [3.63, 3.8) is 0 Å². The number of rotatable bonds is 8. The number of nitrogens with one attached hydrogen (secondary N) is 2. The van der Waals surface area contributed by atoms with Gasteiger partial charge in [0.1, 0.15) is 0 Å². The first-order valence-corrected chi connectivity index (χ1v) is 11.5. The number of carbonyl (C=O) groups excluding carboxylic acids is 1. The highest BCUT2D eigenvalue weighted by atomic mass is 32.2. The normalized spacial score (nSPS) is 15.0. The molecule has 7 heteroatoms. The standard InChI is InChI=1S/C22H29N3O3S/c1-25(2)16-19-9-4-3-8-18(19)15-23-22(26)17-10-7-13-21(14-17)29(27,28)24-20-11-5-6-12-20/h3-4,7-10,13-14,20,24H,5-6,11-12,15-16H2,1-2H3,(H,23,26). The van der Waals surface area contributed by atoms with Crippen LogP contribution in [0.3, 0.4) is 0 Å². The topological polar surface area (TPSA) is 78.5 Å².